The highest BCUT2D eigenvalue weighted by atomic mass is 19.3. The molecule has 1 aromatic heterocycles. The third-order valence-electron chi connectivity index (χ3n) is 3.18. The number of alkyl halides is 2. The maximum atomic E-state index is 12.1. The Labute approximate surface area is 118 Å². The Morgan fingerprint density at radius 2 is 2.05 bits per heavy atom. The molecule has 2 aromatic rings. The summed E-state index contributed by atoms with van der Waals surface area (Å²) in [4.78, 5) is 19.1. The summed E-state index contributed by atoms with van der Waals surface area (Å²) in [5, 5.41) is 0. The molecule has 2 heterocycles. The highest BCUT2D eigenvalue weighted by Crippen LogP contribution is 2.21. The predicted molar refractivity (Wildman–Crippen MR) is 70.3 cm³/mol. The van der Waals surface area contributed by atoms with Crippen molar-refractivity contribution in [1.29, 1.82) is 0 Å². The average molecular weight is 294 g/mol. The van der Waals surface area contributed by atoms with Crippen LogP contribution < -0.4 is 10.3 Å². The molecule has 0 amide bonds. The molecule has 21 heavy (non-hydrogen) atoms. The summed E-state index contributed by atoms with van der Waals surface area (Å²) in [7, 11) is 0. The molecular weight excluding hydrogens is 282 g/mol. The van der Waals surface area contributed by atoms with Crippen LogP contribution in [0.5, 0.6) is 5.75 Å². The molecule has 7 heteroatoms. The number of aromatic amines is 1. The molecule has 0 saturated carbocycles. The molecule has 1 aliphatic heterocycles. The molecule has 0 unspecified atom stereocenters. The molecule has 0 aliphatic carbocycles. The number of nitrogens with zero attached hydrogens (tertiary/aromatic N) is 1. The normalized spacial score (nSPS) is 14.0. The quantitative estimate of drug-likeness (QED) is 0.941. The van der Waals surface area contributed by atoms with E-state index in [2.05, 4.69) is 14.7 Å². The van der Waals surface area contributed by atoms with Crippen LogP contribution in [0.4, 0.5) is 8.78 Å². The molecule has 0 saturated heterocycles. The maximum Gasteiger partial charge on any atom is 0.387 e. The van der Waals surface area contributed by atoms with Gasteiger partial charge in [-0.15, -0.1) is 0 Å². The lowest BCUT2D eigenvalue weighted by Gasteiger charge is -2.15. The lowest BCUT2D eigenvalue weighted by atomic mass is 10.1. The monoisotopic (exact) mass is 294 g/mol. The van der Waals surface area contributed by atoms with E-state index >= 15 is 0 Å². The minimum Gasteiger partial charge on any atom is -0.435 e. The first-order chi connectivity index (χ1) is 10.1. The van der Waals surface area contributed by atoms with E-state index in [0.29, 0.717) is 35.7 Å². The van der Waals surface area contributed by atoms with Crippen LogP contribution in [0.25, 0.3) is 11.4 Å². The van der Waals surface area contributed by atoms with Crippen molar-refractivity contribution in [2.45, 2.75) is 19.6 Å². The topological polar surface area (TPSA) is 64.2 Å². The van der Waals surface area contributed by atoms with Crippen molar-refractivity contribution in [3.05, 3.63) is 45.9 Å². The summed E-state index contributed by atoms with van der Waals surface area (Å²) >= 11 is 0. The van der Waals surface area contributed by atoms with Crippen LogP contribution in [0.1, 0.15) is 11.3 Å². The third-order valence-corrected chi connectivity index (χ3v) is 3.18. The molecule has 0 atom stereocenters. The van der Waals surface area contributed by atoms with Crippen LogP contribution >= 0.6 is 0 Å². The van der Waals surface area contributed by atoms with E-state index in [4.69, 9.17) is 4.74 Å². The van der Waals surface area contributed by atoms with Gasteiger partial charge in [0.2, 0.25) is 0 Å². The van der Waals surface area contributed by atoms with Crippen molar-refractivity contribution in [3.8, 4) is 17.1 Å². The Balaban J connectivity index is 1.93. The van der Waals surface area contributed by atoms with Crippen molar-refractivity contribution < 1.29 is 18.3 Å². The fourth-order valence-electron chi connectivity index (χ4n) is 2.17. The number of hydrogen-bond acceptors (Lipinski definition) is 4. The van der Waals surface area contributed by atoms with E-state index in [0.717, 1.165) is 0 Å². The number of aromatic nitrogens is 2. The van der Waals surface area contributed by atoms with E-state index in [9.17, 15) is 13.6 Å². The Bertz CT molecular complexity index is 698. The van der Waals surface area contributed by atoms with E-state index in [-0.39, 0.29) is 17.9 Å². The summed E-state index contributed by atoms with van der Waals surface area (Å²) < 4.78 is 33.7. The van der Waals surface area contributed by atoms with Gasteiger partial charge in [0.05, 0.1) is 24.5 Å². The van der Waals surface area contributed by atoms with Crippen molar-refractivity contribution in [3.63, 3.8) is 0 Å². The van der Waals surface area contributed by atoms with Gasteiger partial charge in [-0.2, -0.15) is 8.78 Å². The Morgan fingerprint density at radius 1 is 1.29 bits per heavy atom. The number of H-pyrrole nitrogens is 1. The van der Waals surface area contributed by atoms with Gasteiger partial charge in [0.1, 0.15) is 11.6 Å². The molecule has 0 bridgehead atoms. The second-order valence-electron chi connectivity index (χ2n) is 4.55. The van der Waals surface area contributed by atoms with Crippen LogP contribution in [0, 0.1) is 0 Å². The van der Waals surface area contributed by atoms with Gasteiger partial charge in [-0.3, -0.25) is 4.79 Å². The highest BCUT2D eigenvalue weighted by molar-refractivity contribution is 5.56. The molecule has 1 N–H and O–H groups in total. The van der Waals surface area contributed by atoms with Crippen LogP contribution in [0.3, 0.4) is 0 Å². The molecule has 0 radical (unpaired) electrons. The first-order valence-electron chi connectivity index (χ1n) is 6.38. The van der Waals surface area contributed by atoms with Gasteiger partial charge in [0.25, 0.3) is 5.56 Å². The van der Waals surface area contributed by atoms with Gasteiger partial charge < -0.3 is 14.5 Å². The fourth-order valence-corrected chi connectivity index (χ4v) is 2.17. The summed E-state index contributed by atoms with van der Waals surface area (Å²) in [5.41, 5.74) is 1.65. The van der Waals surface area contributed by atoms with Crippen molar-refractivity contribution >= 4 is 0 Å². The summed E-state index contributed by atoms with van der Waals surface area (Å²) in [5.74, 6) is 0.465. The van der Waals surface area contributed by atoms with Gasteiger partial charge in [-0.1, -0.05) is 0 Å². The number of hydrogen-bond donors (Lipinski definition) is 1. The summed E-state index contributed by atoms with van der Waals surface area (Å²) in [6.45, 7) is -2.07. The average Bonchev–Trinajstić information content (AvgIpc) is 2.47. The van der Waals surface area contributed by atoms with Gasteiger partial charge in [0, 0.05) is 12.0 Å². The fraction of sp³-hybridized carbons (Fsp3) is 0.286. The Morgan fingerprint density at radius 3 is 2.76 bits per heavy atom. The number of nitrogens with one attached hydrogen (secondary N) is 1. The van der Waals surface area contributed by atoms with Crippen LogP contribution in [0.2, 0.25) is 0 Å². The van der Waals surface area contributed by atoms with Gasteiger partial charge in [-0.25, -0.2) is 4.98 Å². The van der Waals surface area contributed by atoms with Crippen LogP contribution in [-0.2, 0) is 17.8 Å². The second-order valence-corrected chi connectivity index (χ2v) is 4.55. The van der Waals surface area contributed by atoms with Crippen LogP contribution in [0.15, 0.2) is 29.1 Å². The minimum absolute atomic E-state index is 0.0578. The van der Waals surface area contributed by atoms with Gasteiger partial charge >= 0.3 is 6.61 Å². The molecule has 5 nitrogen and oxygen atoms in total. The SMILES string of the molecule is O=c1[nH]c(-c2ccc(OC(F)F)cc2)nc2c1COCC2. The summed E-state index contributed by atoms with van der Waals surface area (Å²) in [6.07, 6.45) is 0.582. The Kier molecular flexibility index (Phi) is 3.66. The predicted octanol–water partition coefficient (Wildman–Crippen LogP) is 2.11. The van der Waals surface area contributed by atoms with Crippen molar-refractivity contribution in [1.82, 2.24) is 9.97 Å². The zero-order chi connectivity index (χ0) is 14.8. The number of halogens is 2. The van der Waals surface area contributed by atoms with E-state index in [1.807, 2.05) is 0 Å². The molecular formula is C14H12F2N2O3. The number of fused-ring (bicyclic) bond motifs is 1. The van der Waals surface area contributed by atoms with Crippen LogP contribution in [-0.4, -0.2) is 23.2 Å². The third kappa shape index (κ3) is 2.92. The van der Waals surface area contributed by atoms with Gasteiger partial charge in [-0.05, 0) is 24.3 Å². The molecule has 110 valence electrons. The largest absolute Gasteiger partial charge is 0.435 e. The standard InChI is InChI=1S/C14H12F2N2O3/c15-14(16)21-9-3-1-8(2-4-9)12-17-11-5-6-20-7-10(11)13(19)18-12/h1-4,14H,5-7H2,(H,17,18,19). The maximum absolute atomic E-state index is 12.1. The molecule has 3 rings (SSSR count). The lowest BCUT2D eigenvalue weighted by Crippen LogP contribution is -2.24. The first-order valence-corrected chi connectivity index (χ1v) is 6.38. The smallest absolute Gasteiger partial charge is 0.387 e. The zero-order valence-corrected chi connectivity index (χ0v) is 10.9. The first kappa shape index (κ1) is 13.7. The number of benzene rings is 1. The zero-order valence-electron chi connectivity index (χ0n) is 10.9. The van der Waals surface area contributed by atoms with E-state index < -0.39 is 6.61 Å². The van der Waals surface area contributed by atoms with Crippen molar-refractivity contribution in [2.24, 2.45) is 0 Å². The second kappa shape index (κ2) is 5.61. The highest BCUT2D eigenvalue weighted by Gasteiger charge is 2.16. The van der Waals surface area contributed by atoms with Gasteiger partial charge in [0.15, 0.2) is 0 Å². The number of ether oxygens (including phenoxy) is 2. The van der Waals surface area contributed by atoms with E-state index in [1.54, 1.807) is 12.1 Å². The molecule has 1 aliphatic rings. The Hall–Kier alpha value is -2.28. The number of rotatable bonds is 3. The molecule has 1 aromatic carbocycles. The lowest BCUT2D eigenvalue weighted by molar-refractivity contribution is -0.0498. The molecule has 0 fully saturated rings. The van der Waals surface area contributed by atoms with Crippen molar-refractivity contribution in [2.75, 3.05) is 6.61 Å². The summed E-state index contributed by atoms with van der Waals surface area (Å²) in [6, 6.07) is 5.96. The molecule has 0 spiro atoms. The van der Waals surface area contributed by atoms with E-state index in [1.165, 1.54) is 12.1 Å². The minimum atomic E-state index is -2.86.